The Labute approximate surface area is 118 Å². The molecule has 0 bridgehead atoms. The van der Waals surface area contributed by atoms with E-state index in [9.17, 15) is 4.39 Å². The van der Waals surface area contributed by atoms with Crippen molar-refractivity contribution in [2.45, 2.75) is 25.9 Å². The minimum atomic E-state index is -0.281. The van der Waals surface area contributed by atoms with Crippen LogP contribution in [0, 0.1) is 5.82 Å². The van der Waals surface area contributed by atoms with E-state index in [1.807, 2.05) is 12.1 Å². The zero-order valence-corrected chi connectivity index (χ0v) is 11.5. The monoisotopic (exact) mass is 271 g/mol. The maximum absolute atomic E-state index is 13.3. The standard InChI is InChI=1S/C16H18FN3/c1-11(13-7-14(17)9-19-8-13)20-6-5-15-12(10-20)3-2-4-16(15)18/h2-4,7-9,11H,5-6,10,18H2,1H3. The highest BCUT2D eigenvalue weighted by atomic mass is 19.1. The average Bonchev–Trinajstić information content (AvgIpc) is 2.46. The second-order valence-corrected chi connectivity index (χ2v) is 5.32. The number of hydrogen-bond acceptors (Lipinski definition) is 3. The Hall–Kier alpha value is -1.94. The van der Waals surface area contributed by atoms with Crippen molar-refractivity contribution in [2.75, 3.05) is 12.3 Å². The number of fused-ring (bicyclic) bond motifs is 1. The van der Waals surface area contributed by atoms with Crippen LogP contribution < -0.4 is 5.73 Å². The minimum Gasteiger partial charge on any atom is -0.398 e. The molecule has 0 radical (unpaired) electrons. The van der Waals surface area contributed by atoms with Gasteiger partial charge in [0, 0.05) is 31.0 Å². The predicted octanol–water partition coefficient (Wildman–Crippen LogP) is 2.92. The number of rotatable bonds is 2. The van der Waals surface area contributed by atoms with Gasteiger partial charge in [0.2, 0.25) is 0 Å². The quantitative estimate of drug-likeness (QED) is 0.854. The molecule has 2 aromatic rings. The van der Waals surface area contributed by atoms with Gasteiger partial charge in [-0.3, -0.25) is 9.88 Å². The summed E-state index contributed by atoms with van der Waals surface area (Å²) in [4.78, 5) is 6.27. The van der Waals surface area contributed by atoms with Crippen LogP contribution in [0.3, 0.4) is 0 Å². The molecular weight excluding hydrogens is 253 g/mol. The second-order valence-electron chi connectivity index (χ2n) is 5.32. The minimum absolute atomic E-state index is 0.146. The van der Waals surface area contributed by atoms with Gasteiger partial charge >= 0.3 is 0 Å². The number of nitrogen functional groups attached to an aromatic ring is 1. The van der Waals surface area contributed by atoms with Crippen LogP contribution in [0.25, 0.3) is 0 Å². The van der Waals surface area contributed by atoms with Crippen molar-refractivity contribution in [3.63, 3.8) is 0 Å². The molecule has 1 aromatic heterocycles. The third-order valence-corrected chi connectivity index (χ3v) is 4.09. The first-order chi connectivity index (χ1) is 9.65. The fourth-order valence-electron chi connectivity index (χ4n) is 2.86. The lowest BCUT2D eigenvalue weighted by atomic mass is 9.96. The smallest absolute Gasteiger partial charge is 0.141 e. The van der Waals surface area contributed by atoms with Crippen molar-refractivity contribution < 1.29 is 4.39 Å². The summed E-state index contributed by atoms with van der Waals surface area (Å²) in [5.41, 5.74) is 10.3. The lowest BCUT2D eigenvalue weighted by Crippen LogP contribution is -2.33. The Morgan fingerprint density at radius 2 is 2.20 bits per heavy atom. The van der Waals surface area contributed by atoms with Crippen molar-refractivity contribution in [2.24, 2.45) is 0 Å². The predicted molar refractivity (Wildman–Crippen MR) is 77.6 cm³/mol. The topological polar surface area (TPSA) is 42.2 Å². The van der Waals surface area contributed by atoms with Crippen LogP contribution >= 0.6 is 0 Å². The number of halogens is 1. The number of anilines is 1. The molecule has 1 aliphatic heterocycles. The first-order valence-corrected chi connectivity index (χ1v) is 6.86. The van der Waals surface area contributed by atoms with Gasteiger partial charge in [-0.25, -0.2) is 4.39 Å². The Balaban J connectivity index is 1.83. The van der Waals surface area contributed by atoms with Crippen molar-refractivity contribution >= 4 is 5.69 Å². The van der Waals surface area contributed by atoms with E-state index in [4.69, 9.17) is 5.73 Å². The Kier molecular flexibility index (Phi) is 3.40. The van der Waals surface area contributed by atoms with Gasteiger partial charge in [-0.05, 0) is 42.2 Å². The molecule has 2 heterocycles. The molecule has 1 unspecified atom stereocenters. The van der Waals surface area contributed by atoms with Crippen LogP contribution in [0.15, 0.2) is 36.7 Å². The molecule has 1 atom stereocenters. The Morgan fingerprint density at radius 1 is 1.35 bits per heavy atom. The second kappa shape index (κ2) is 5.21. The van der Waals surface area contributed by atoms with Gasteiger partial charge in [-0.2, -0.15) is 0 Å². The molecular formula is C16H18FN3. The van der Waals surface area contributed by atoms with Gasteiger partial charge in [-0.1, -0.05) is 12.1 Å². The molecule has 4 heteroatoms. The number of nitrogens with zero attached hydrogens (tertiary/aromatic N) is 2. The zero-order chi connectivity index (χ0) is 14.1. The molecule has 3 rings (SSSR count). The molecule has 0 saturated carbocycles. The van der Waals surface area contributed by atoms with Crippen LogP contribution in [-0.4, -0.2) is 16.4 Å². The molecule has 0 saturated heterocycles. The zero-order valence-electron chi connectivity index (χ0n) is 11.5. The third kappa shape index (κ3) is 2.39. The highest BCUT2D eigenvalue weighted by molar-refractivity contribution is 5.51. The molecule has 0 spiro atoms. The summed E-state index contributed by atoms with van der Waals surface area (Å²) in [7, 11) is 0. The van der Waals surface area contributed by atoms with Gasteiger partial charge in [0.15, 0.2) is 0 Å². The number of benzene rings is 1. The van der Waals surface area contributed by atoms with E-state index < -0.39 is 0 Å². The Bertz CT molecular complexity index is 627. The van der Waals surface area contributed by atoms with Crippen LogP contribution in [0.2, 0.25) is 0 Å². The van der Waals surface area contributed by atoms with Gasteiger partial charge in [0.25, 0.3) is 0 Å². The summed E-state index contributed by atoms with van der Waals surface area (Å²) in [6, 6.07) is 7.77. The van der Waals surface area contributed by atoms with Gasteiger partial charge in [-0.15, -0.1) is 0 Å². The van der Waals surface area contributed by atoms with E-state index in [-0.39, 0.29) is 11.9 Å². The first-order valence-electron chi connectivity index (χ1n) is 6.86. The van der Waals surface area contributed by atoms with E-state index in [1.54, 1.807) is 12.3 Å². The van der Waals surface area contributed by atoms with Gasteiger partial charge < -0.3 is 5.73 Å². The molecule has 0 fully saturated rings. The van der Waals surface area contributed by atoms with E-state index in [0.717, 1.165) is 30.8 Å². The molecule has 20 heavy (non-hydrogen) atoms. The highest BCUT2D eigenvalue weighted by Gasteiger charge is 2.23. The van der Waals surface area contributed by atoms with Crippen LogP contribution in [0.4, 0.5) is 10.1 Å². The summed E-state index contributed by atoms with van der Waals surface area (Å²) in [5.74, 6) is -0.281. The lowest BCUT2D eigenvalue weighted by molar-refractivity contribution is 0.192. The van der Waals surface area contributed by atoms with E-state index in [2.05, 4.69) is 22.9 Å². The van der Waals surface area contributed by atoms with Gasteiger partial charge in [0.05, 0.1) is 6.20 Å². The largest absolute Gasteiger partial charge is 0.398 e. The Morgan fingerprint density at radius 3 is 3.00 bits per heavy atom. The van der Waals surface area contributed by atoms with E-state index in [0.29, 0.717) is 0 Å². The number of pyridine rings is 1. The lowest BCUT2D eigenvalue weighted by Gasteiger charge is -2.34. The molecule has 3 nitrogen and oxygen atoms in total. The number of nitrogens with two attached hydrogens (primary N) is 1. The maximum atomic E-state index is 13.3. The third-order valence-electron chi connectivity index (χ3n) is 4.09. The maximum Gasteiger partial charge on any atom is 0.141 e. The van der Waals surface area contributed by atoms with Crippen molar-refractivity contribution in [3.8, 4) is 0 Å². The summed E-state index contributed by atoms with van der Waals surface area (Å²) in [5, 5.41) is 0. The SMILES string of the molecule is CC(c1cncc(F)c1)N1CCc2c(N)cccc2C1. The average molecular weight is 271 g/mol. The molecule has 2 N–H and O–H groups in total. The van der Waals surface area contributed by atoms with Crippen molar-refractivity contribution in [3.05, 3.63) is 59.2 Å². The van der Waals surface area contributed by atoms with E-state index in [1.165, 1.54) is 17.3 Å². The summed E-state index contributed by atoms with van der Waals surface area (Å²) in [6.45, 7) is 3.87. The summed E-state index contributed by atoms with van der Waals surface area (Å²) < 4.78 is 13.3. The van der Waals surface area contributed by atoms with Crippen molar-refractivity contribution in [1.29, 1.82) is 0 Å². The van der Waals surface area contributed by atoms with Gasteiger partial charge in [0.1, 0.15) is 5.82 Å². The first kappa shape index (κ1) is 13.1. The fourth-order valence-corrected chi connectivity index (χ4v) is 2.86. The molecule has 0 aliphatic carbocycles. The van der Waals surface area contributed by atoms with Crippen LogP contribution in [-0.2, 0) is 13.0 Å². The van der Waals surface area contributed by atoms with Crippen LogP contribution in [0.5, 0.6) is 0 Å². The highest BCUT2D eigenvalue weighted by Crippen LogP contribution is 2.29. The van der Waals surface area contributed by atoms with Crippen LogP contribution in [0.1, 0.15) is 29.7 Å². The normalized spacial score (nSPS) is 16.7. The molecule has 0 amide bonds. The van der Waals surface area contributed by atoms with E-state index >= 15 is 0 Å². The molecule has 104 valence electrons. The molecule has 1 aromatic carbocycles. The summed E-state index contributed by atoms with van der Waals surface area (Å²) in [6.07, 6.45) is 3.92. The fraction of sp³-hybridized carbons (Fsp3) is 0.312. The van der Waals surface area contributed by atoms with Crippen molar-refractivity contribution in [1.82, 2.24) is 9.88 Å². The number of hydrogen-bond donors (Lipinski definition) is 1. The summed E-state index contributed by atoms with van der Waals surface area (Å²) >= 11 is 0. The number of aromatic nitrogens is 1. The molecule has 1 aliphatic rings.